The molecule has 2 rings (SSSR count). The Morgan fingerprint density at radius 2 is 1.88 bits per heavy atom. The summed E-state index contributed by atoms with van der Waals surface area (Å²) >= 11 is 5.94. The summed E-state index contributed by atoms with van der Waals surface area (Å²) in [5, 5.41) is 0.809. The Bertz CT molecular complexity index is 405. The molecule has 1 aromatic carbocycles. The van der Waals surface area contributed by atoms with Gasteiger partial charge in [-0.2, -0.15) is 0 Å². The average Bonchev–Trinajstić information content (AvgIpc) is 2.30. The van der Waals surface area contributed by atoms with Crippen molar-refractivity contribution in [2.24, 2.45) is 11.8 Å². The van der Waals surface area contributed by atoms with Crippen molar-refractivity contribution >= 4 is 17.2 Å². The first-order valence-electron chi connectivity index (χ1n) is 6.22. The van der Waals surface area contributed by atoms with Gasteiger partial charge in [0.25, 0.3) is 0 Å². The fourth-order valence-electron chi connectivity index (χ4n) is 2.46. The minimum atomic E-state index is 0.620. The van der Waals surface area contributed by atoms with Crippen LogP contribution in [0.15, 0.2) is 30.3 Å². The first-order valence-corrected chi connectivity index (χ1v) is 6.60. The Hall–Kier alpha value is -0.790. The normalized spacial score (nSPS) is 21.7. The molecule has 2 heteroatoms. The zero-order chi connectivity index (χ0) is 12.4. The number of hydrogen-bond donors (Lipinski definition) is 0. The minimum Gasteiger partial charge on any atom is -0.302 e. The molecule has 0 aliphatic carbocycles. The zero-order valence-corrected chi connectivity index (χ0v) is 11.5. The van der Waals surface area contributed by atoms with Crippen molar-refractivity contribution in [3.63, 3.8) is 0 Å². The molecule has 1 unspecified atom stereocenters. The van der Waals surface area contributed by atoms with E-state index >= 15 is 0 Å². The van der Waals surface area contributed by atoms with Crippen molar-refractivity contribution in [3.05, 3.63) is 40.9 Å². The lowest BCUT2D eigenvalue weighted by Crippen LogP contribution is -2.33. The molecule has 0 aromatic heterocycles. The van der Waals surface area contributed by atoms with Crippen molar-refractivity contribution in [1.29, 1.82) is 0 Å². The van der Waals surface area contributed by atoms with Crippen molar-refractivity contribution < 1.29 is 0 Å². The molecule has 1 atom stereocenters. The molecular weight excluding hydrogens is 230 g/mol. The lowest BCUT2D eigenvalue weighted by molar-refractivity contribution is 0.282. The van der Waals surface area contributed by atoms with Gasteiger partial charge in [-0.25, -0.2) is 0 Å². The van der Waals surface area contributed by atoms with Crippen molar-refractivity contribution in [3.8, 4) is 0 Å². The summed E-state index contributed by atoms with van der Waals surface area (Å²) in [4.78, 5) is 2.38. The lowest BCUT2D eigenvalue weighted by Gasteiger charge is -2.33. The summed E-state index contributed by atoms with van der Waals surface area (Å²) in [5.74, 6) is 1.29. The van der Waals surface area contributed by atoms with Crippen LogP contribution in [-0.4, -0.2) is 25.0 Å². The van der Waals surface area contributed by atoms with Gasteiger partial charge in [0.2, 0.25) is 0 Å². The second-order valence-corrected chi connectivity index (χ2v) is 5.67. The van der Waals surface area contributed by atoms with Gasteiger partial charge in [0.15, 0.2) is 0 Å². The van der Waals surface area contributed by atoms with Gasteiger partial charge in [-0.15, -0.1) is 0 Å². The van der Waals surface area contributed by atoms with E-state index in [0.29, 0.717) is 11.8 Å². The van der Waals surface area contributed by atoms with Gasteiger partial charge in [0.05, 0.1) is 0 Å². The molecule has 0 N–H and O–H groups in total. The number of likely N-dealkylation sites (N-methyl/N-ethyl adjacent to an activating group) is 1. The molecule has 0 saturated heterocycles. The molecule has 0 radical (unpaired) electrons. The first-order chi connectivity index (χ1) is 8.08. The van der Waals surface area contributed by atoms with Gasteiger partial charge in [0.1, 0.15) is 0 Å². The monoisotopic (exact) mass is 249 g/mol. The van der Waals surface area contributed by atoms with Gasteiger partial charge < -0.3 is 4.90 Å². The Labute approximate surface area is 109 Å². The number of rotatable bonds is 2. The van der Waals surface area contributed by atoms with Crippen LogP contribution in [0.4, 0.5) is 0 Å². The largest absolute Gasteiger partial charge is 0.302 e. The van der Waals surface area contributed by atoms with E-state index in [0.717, 1.165) is 18.1 Å². The standard InChI is InChI=1S/C15H20ClN/c1-11(2)15-10-17(3)9-8-14(15)12-4-6-13(16)7-5-12/h4-8,11,15H,9-10H2,1-3H3. The third-order valence-electron chi connectivity index (χ3n) is 3.51. The second-order valence-electron chi connectivity index (χ2n) is 5.24. The van der Waals surface area contributed by atoms with Crippen LogP contribution in [0.1, 0.15) is 19.4 Å². The molecule has 0 amide bonds. The lowest BCUT2D eigenvalue weighted by atomic mass is 9.82. The molecule has 1 heterocycles. The van der Waals surface area contributed by atoms with Gasteiger partial charge in [-0.05, 0) is 42.2 Å². The fraction of sp³-hybridized carbons (Fsp3) is 0.467. The number of benzene rings is 1. The zero-order valence-electron chi connectivity index (χ0n) is 10.8. The Balaban J connectivity index is 2.31. The summed E-state index contributed by atoms with van der Waals surface area (Å²) in [6.45, 7) is 6.79. The molecule has 0 saturated carbocycles. The van der Waals surface area contributed by atoms with E-state index in [4.69, 9.17) is 11.6 Å². The SMILES string of the molecule is CC(C)C1CN(C)CC=C1c1ccc(Cl)cc1. The maximum atomic E-state index is 5.94. The van der Waals surface area contributed by atoms with Crippen LogP contribution < -0.4 is 0 Å². The van der Waals surface area contributed by atoms with E-state index in [1.54, 1.807) is 0 Å². The van der Waals surface area contributed by atoms with E-state index in [-0.39, 0.29) is 0 Å². The van der Waals surface area contributed by atoms with Crippen LogP contribution in [0.5, 0.6) is 0 Å². The quantitative estimate of drug-likeness (QED) is 0.768. The molecule has 0 fully saturated rings. The summed E-state index contributed by atoms with van der Waals surface area (Å²) in [6.07, 6.45) is 2.36. The van der Waals surface area contributed by atoms with Gasteiger partial charge >= 0.3 is 0 Å². The summed E-state index contributed by atoms with van der Waals surface area (Å²) in [6, 6.07) is 8.23. The van der Waals surface area contributed by atoms with E-state index in [9.17, 15) is 0 Å². The molecule has 1 aliphatic heterocycles. The average molecular weight is 250 g/mol. The Morgan fingerprint density at radius 3 is 2.47 bits per heavy atom. The van der Waals surface area contributed by atoms with Crippen LogP contribution in [0.2, 0.25) is 5.02 Å². The van der Waals surface area contributed by atoms with Gasteiger partial charge in [0, 0.05) is 18.1 Å². The van der Waals surface area contributed by atoms with Crippen LogP contribution in [0.25, 0.3) is 5.57 Å². The van der Waals surface area contributed by atoms with Gasteiger partial charge in [-0.3, -0.25) is 0 Å². The molecule has 0 bridgehead atoms. The van der Waals surface area contributed by atoms with Crippen LogP contribution >= 0.6 is 11.6 Å². The highest BCUT2D eigenvalue weighted by Gasteiger charge is 2.24. The highest BCUT2D eigenvalue weighted by atomic mass is 35.5. The summed E-state index contributed by atoms with van der Waals surface area (Å²) < 4.78 is 0. The molecule has 0 spiro atoms. The van der Waals surface area contributed by atoms with Crippen LogP contribution in [-0.2, 0) is 0 Å². The van der Waals surface area contributed by atoms with E-state index in [1.165, 1.54) is 11.1 Å². The topological polar surface area (TPSA) is 3.24 Å². The smallest absolute Gasteiger partial charge is 0.0406 e. The van der Waals surface area contributed by atoms with Gasteiger partial charge in [-0.1, -0.05) is 43.7 Å². The van der Waals surface area contributed by atoms with E-state index in [1.807, 2.05) is 12.1 Å². The highest BCUT2D eigenvalue weighted by molar-refractivity contribution is 6.30. The maximum Gasteiger partial charge on any atom is 0.0406 e. The Kier molecular flexibility index (Phi) is 3.90. The molecule has 1 aromatic rings. The van der Waals surface area contributed by atoms with E-state index < -0.39 is 0 Å². The van der Waals surface area contributed by atoms with Crippen molar-refractivity contribution in [2.75, 3.05) is 20.1 Å². The van der Waals surface area contributed by atoms with Crippen LogP contribution in [0.3, 0.4) is 0 Å². The molecule has 1 aliphatic rings. The molecule has 17 heavy (non-hydrogen) atoms. The summed E-state index contributed by atoms with van der Waals surface area (Å²) in [5.41, 5.74) is 2.80. The minimum absolute atomic E-state index is 0.620. The van der Waals surface area contributed by atoms with E-state index in [2.05, 4.69) is 44.0 Å². The molecule has 1 nitrogen and oxygen atoms in total. The van der Waals surface area contributed by atoms with Crippen molar-refractivity contribution in [1.82, 2.24) is 4.90 Å². The molecule has 92 valence electrons. The highest BCUT2D eigenvalue weighted by Crippen LogP contribution is 2.32. The molecular formula is C15H20ClN. The third kappa shape index (κ3) is 2.91. The predicted molar refractivity (Wildman–Crippen MR) is 75.3 cm³/mol. The fourth-order valence-corrected chi connectivity index (χ4v) is 2.58. The Morgan fingerprint density at radius 1 is 1.24 bits per heavy atom. The number of halogens is 1. The third-order valence-corrected chi connectivity index (χ3v) is 3.76. The number of nitrogens with zero attached hydrogens (tertiary/aromatic N) is 1. The second kappa shape index (κ2) is 5.24. The maximum absolute atomic E-state index is 5.94. The van der Waals surface area contributed by atoms with Crippen molar-refractivity contribution in [2.45, 2.75) is 13.8 Å². The van der Waals surface area contributed by atoms with Crippen LogP contribution in [0, 0.1) is 11.8 Å². The first kappa shape index (κ1) is 12.7. The summed E-state index contributed by atoms with van der Waals surface area (Å²) in [7, 11) is 2.19. The number of hydrogen-bond acceptors (Lipinski definition) is 1. The predicted octanol–water partition coefficient (Wildman–Crippen LogP) is 3.94.